The van der Waals surface area contributed by atoms with Crippen molar-refractivity contribution in [3.8, 4) is 5.75 Å². The third-order valence-corrected chi connectivity index (χ3v) is 5.38. The quantitative estimate of drug-likeness (QED) is 0.879. The second-order valence-corrected chi connectivity index (χ2v) is 7.11. The van der Waals surface area contributed by atoms with E-state index in [-0.39, 0.29) is 18.7 Å². The second kappa shape index (κ2) is 7.50. The molecule has 1 saturated heterocycles. The van der Waals surface area contributed by atoms with Gasteiger partial charge in [0.15, 0.2) is 0 Å². The van der Waals surface area contributed by atoms with Crippen LogP contribution in [0.25, 0.3) is 0 Å². The average molecular weight is 354 g/mol. The lowest BCUT2D eigenvalue weighted by Gasteiger charge is -2.35. The van der Waals surface area contributed by atoms with E-state index in [4.69, 9.17) is 4.74 Å². The smallest absolute Gasteiger partial charge is 0.134 e. The Balaban J connectivity index is 1.56. The van der Waals surface area contributed by atoms with Gasteiger partial charge in [-0.25, -0.2) is 9.97 Å². The molecule has 0 bridgehead atoms. The van der Waals surface area contributed by atoms with E-state index in [9.17, 15) is 5.11 Å². The van der Waals surface area contributed by atoms with Gasteiger partial charge >= 0.3 is 0 Å². The van der Waals surface area contributed by atoms with Crippen LogP contribution in [0.2, 0.25) is 0 Å². The van der Waals surface area contributed by atoms with E-state index in [0.717, 1.165) is 55.2 Å². The third-order valence-electron chi connectivity index (χ3n) is 5.38. The van der Waals surface area contributed by atoms with Crippen LogP contribution in [-0.4, -0.2) is 40.9 Å². The molecule has 6 nitrogen and oxygen atoms in total. The van der Waals surface area contributed by atoms with Crippen molar-refractivity contribution in [3.63, 3.8) is 0 Å². The summed E-state index contributed by atoms with van der Waals surface area (Å²) >= 11 is 0. The number of nitrogens with one attached hydrogen (secondary N) is 1. The van der Waals surface area contributed by atoms with Crippen LogP contribution >= 0.6 is 0 Å². The van der Waals surface area contributed by atoms with Crippen molar-refractivity contribution in [2.24, 2.45) is 0 Å². The van der Waals surface area contributed by atoms with Crippen LogP contribution in [0.15, 0.2) is 30.6 Å². The molecule has 0 amide bonds. The molecular formula is C20H26N4O2. The summed E-state index contributed by atoms with van der Waals surface area (Å²) in [5, 5.41) is 13.2. The second-order valence-electron chi connectivity index (χ2n) is 7.11. The van der Waals surface area contributed by atoms with Crippen LogP contribution in [0.1, 0.15) is 42.9 Å². The fourth-order valence-corrected chi connectivity index (χ4v) is 3.98. The molecule has 0 spiro atoms. The molecule has 1 aromatic heterocycles. The van der Waals surface area contributed by atoms with E-state index in [1.807, 2.05) is 6.07 Å². The Morgan fingerprint density at radius 3 is 3.08 bits per heavy atom. The number of ether oxygens (including phenoxy) is 1. The van der Waals surface area contributed by atoms with Gasteiger partial charge in [-0.05, 0) is 31.7 Å². The summed E-state index contributed by atoms with van der Waals surface area (Å²) in [6, 6.07) is 8.60. The molecule has 2 N–H and O–H groups in total. The fourth-order valence-electron chi connectivity index (χ4n) is 3.98. The molecule has 138 valence electrons. The molecule has 1 aromatic carbocycles. The van der Waals surface area contributed by atoms with Gasteiger partial charge in [-0.15, -0.1) is 0 Å². The lowest BCUT2D eigenvalue weighted by Crippen LogP contribution is -2.42. The first-order valence-corrected chi connectivity index (χ1v) is 9.44. The van der Waals surface area contributed by atoms with Crippen molar-refractivity contribution >= 4 is 11.6 Å². The summed E-state index contributed by atoms with van der Waals surface area (Å²) in [5.41, 5.74) is 2.35. The van der Waals surface area contributed by atoms with E-state index in [0.29, 0.717) is 6.61 Å². The van der Waals surface area contributed by atoms with E-state index >= 15 is 0 Å². The van der Waals surface area contributed by atoms with Crippen LogP contribution in [-0.2, 0) is 0 Å². The summed E-state index contributed by atoms with van der Waals surface area (Å²) in [6.45, 7) is 3.88. The number of aliphatic hydroxyl groups excluding tert-OH is 1. The van der Waals surface area contributed by atoms with Crippen molar-refractivity contribution in [2.75, 3.05) is 30.0 Å². The van der Waals surface area contributed by atoms with Crippen LogP contribution < -0.4 is 15.0 Å². The molecule has 1 fully saturated rings. The molecule has 0 radical (unpaired) electrons. The monoisotopic (exact) mass is 354 g/mol. The highest BCUT2D eigenvalue weighted by Crippen LogP contribution is 2.36. The Kier molecular flexibility index (Phi) is 4.93. The van der Waals surface area contributed by atoms with Crippen LogP contribution in [0.3, 0.4) is 0 Å². The maximum absolute atomic E-state index is 9.67. The fraction of sp³-hybridized carbons (Fsp3) is 0.500. The molecule has 2 aliphatic heterocycles. The Hall–Kier alpha value is -2.34. The van der Waals surface area contributed by atoms with E-state index < -0.39 is 0 Å². The first-order chi connectivity index (χ1) is 12.8. The van der Waals surface area contributed by atoms with E-state index in [1.165, 1.54) is 5.56 Å². The lowest BCUT2D eigenvalue weighted by molar-refractivity contribution is 0.239. The van der Waals surface area contributed by atoms with Gasteiger partial charge < -0.3 is 20.1 Å². The summed E-state index contributed by atoms with van der Waals surface area (Å²) in [7, 11) is 0. The number of nitrogens with zero attached hydrogens (tertiary/aromatic N) is 3. The van der Waals surface area contributed by atoms with Crippen LogP contribution in [0, 0.1) is 6.92 Å². The van der Waals surface area contributed by atoms with Crippen molar-refractivity contribution in [2.45, 2.75) is 44.7 Å². The molecular weight excluding hydrogens is 328 g/mol. The van der Waals surface area contributed by atoms with Crippen molar-refractivity contribution in [1.29, 1.82) is 0 Å². The molecule has 4 rings (SSSR count). The maximum Gasteiger partial charge on any atom is 0.134 e. The maximum atomic E-state index is 9.67. The van der Waals surface area contributed by atoms with Gasteiger partial charge in [0.05, 0.1) is 25.3 Å². The minimum atomic E-state index is 0.151. The first kappa shape index (κ1) is 17.1. The zero-order valence-corrected chi connectivity index (χ0v) is 15.2. The Morgan fingerprint density at radius 2 is 2.19 bits per heavy atom. The minimum Gasteiger partial charge on any atom is -0.493 e. The molecule has 0 aliphatic carbocycles. The molecule has 26 heavy (non-hydrogen) atoms. The van der Waals surface area contributed by atoms with E-state index in [2.05, 4.69) is 45.3 Å². The molecule has 6 heteroatoms. The van der Waals surface area contributed by atoms with Crippen molar-refractivity contribution in [1.82, 2.24) is 9.97 Å². The van der Waals surface area contributed by atoms with Crippen LogP contribution in [0.5, 0.6) is 5.75 Å². The summed E-state index contributed by atoms with van der Waals surface area (Å²) in [6.07, 6.45) is 5.82. The highest BCUT2D eigenvalue weighted by molar-refractivity contribution is 5.53. The predicted molar refractivity (Wildman–Crippen MR) is 102 cm³/mol. The number of fused-ring (bicyclic) bond motifs is 1. The average Bonchev–Trinajstić information content (AvgIpc) is 2.69. The highest BCUT2D eigenvalue weighted by Gasteiger charge is 2.25. The lowest BCUT2D eigenvalue weighted by atomic mass is 9.98. The molecule has 2 atom stereocenters. The Morgan fingerprint density at radius 1 is 1.27 bits per heavy atom. The van der Waals surface area contributed by atoms with Gasteiger partial charge in [0.2, 0.25) is 0 Å². The summed E-state index contributed by atoms with van der Waals surface area (Å²) in [5.74, 6) is 2.69. The Labute approximate surface area is 154 Å². The number of benzene rings is 1. The van der Waals surface area contributed by atoms with Crippen molar-refractivity contribution < 1.29 is 9.84 Å². The number of rotatable bonds is 4. The Bertz CT molecular complexity index is 767. The van der Waals surface area contributed by atoms with Gasteiger partial charge in [-0.1, -0.05) is 18.2 Å². The number of anilines is 2. The number of aliphatic hydroxyl groups is 1. The number of piperidine rings is 1. The third kappa shape index (κ3) is 3.33. The number of para-hydroxylation sites is 1. The highest BCUT2D eigenvalue weighted by atomic mass is 16.5. The standard InChI is InChI=1S/C20H26N4O2/c1-14-5-4-7-16-17(8-10-26-20(14)16)23-18-11-19(22-13-21-18)24-9-3-2-6-15(24)12-25/h4-5,7,11,13,15,17,25H,2-3,6,8-10,12H2,1H3,(H,21,22,23)/t15?,17-/m0/s1. The van der Waals surface area contributed by atoms with Gasteiger partial charge in [0.1, 0.15) is 23.7 Å². The zero-order chi connectivity index (χ0) is 17.9. The first-order valence-electron chi connectivity index (χ1n) is 9.44. The molecule has 2 aromatic rings. The SMILES string of the molecule is Cc1cccc2c1OCC[C@@H]2Nc1cc(N2CCCCC2CO)ncn1. The molecule has 0 saturated carbocycles. The minimum absolute atomic E-state index is 0.151. The van der Waals surface area contributed by atoms with E-state index in [1.54, 1.807) is 6.33 Å². The number of aromatic nitrogens is 2. The predicted octanol–water partition coefficient (Wildman–Crippen LogP) is 3.07. The molecule has 2 aliphatic rings. The normalized spacial score (nSPS) is 22.5. The molecule has 3 heterocycles. The zero-order valence-electron chi connectivity index (χ0n) is 15.2. The molecule has 1 unspecified atom stereocenters. The van der Waals surface area contributed by atoms with Crippen LogP contribution in [0.4, 0.5) is 11.6 Å². The van der Waals surface area contributed by atoms with Crippen molar-refractivity contribution in [3.05, 3.63) is 41.7 Å². The van der Waals surface area contributed by atoms with Gasteiger partial charge in [-0.2, -0.15) is 0 Å². The summed E-state index contributed by atoms with van der Waals surface area (Å²) in [4.78, 5) is 11.1. The van der Waals surface area contributed by atoms with Gasteiger partial charge in [0, 0.05) is 24.6 Å². The number of aryl methyl sites for hydroxylation is 1. The van der Waals surface area contributed by atoms with Gasteiger partial charge in [-0.3, -0.25) is 0 Å². The van der Waals surface area contributed by atoms with Gasteiger partial charge in [0.25, 0.3) is 0 Å². The summed E-state index contributed by atoms with van der Waals surface area (Å²) < 4.78 is 5.86. The number of hydrogen-bond donors (Lipinski definition) is 2. The topological polar surface area (TPSA) is 70.5 Å². The number of hydrogen-bond acceptors (Lipinski definition) is 6. The largest absolute Gasteiger partial charge is 0.493 e.